The van der Waals surface area contributed by atoms with Crippen molar-refractivity contribution in [3.8, 4) is 0 Å². The van der Waals surface area contributed by atoms with Crippen LogP contribution in [0, 0.1) is 5.41 Å². The molecule has 0 saturated carbocycles. The number of nitrogens with one attached hydrogen (secondary N) is 1. The second-order valence-electron chi connectivity index (χ2n) is 7.00. The number of benzene rings is 1. The van der Waals surface area contributed by atoms with Crippen LogP contribution in [0.3, 0.4) is 0 Å². The average Bonchev–Trinajstić information content (AvgIpc) is 3.09. The van der Waals surface area contributed by atoms with E-state index in [0.29, 0.717) is 10.4 Å². The third-order valence-electron chi connectivity index (χ3n) is 4.92. The van der Waals surface area contributed by atoms with Crippen molar-refractivity contribution in [3.63, 3.8) is 0 Å². The first-order chi connectivity index (χ1) is 12.3. The summed E-state index contributed by atoms with van der Waals surface area (Å²) in [5.41, 5.74) is -0.400. The normalized spacial score (nSPS) is 18.2. The van der Waals surface area contributed by atoms with E-state index in [0.717, 1.165) is 10.1 Å². The van der Waals surface area contributed by atoms with Crippen LogP contribution in [-0.2, 0) is 9.59 Å². The SMILES string of the molecule is CN(C)C(=O)c1c(C(=O)N2CC3(CC(=O)NC3=O)C2)sc2ccccc12. The Morgan fingerprint density at radius 2 is 1.88 bits per heavy atom. The van der Waals surface area contributed by atoms with Gasteiger partial charge in [-0.25, -0.2) is 0 Å². The highest BCUT2D eigenvalue weighted by atomic mass is 32.1. The number of carbonyl (C=O) groups excluding carboxylic acids is 4. The lowest BCUT2D eigenvalue weighted by Gasteiger charge is -2.45. The van der Waals surface area contributed by atoms with Crippen molar-refractivity contribution in [2.24, 2.45) is 5.41 Å². The highest BCUT2D eigenvalue weighted by Crippen LogP contribution is 2.40. The second-order valence-corrected chi connectivity index (χ2v) is 8.05. The van der Waals surface area contributed by atoms with Gasteiger partial charge in [0.15, 0.2) is 0 Å². The van der Waals surface area contributed by atoms with E-state index in [4.69, 9.17) is 0 Å². The van der Waals surface area contributed by atoms with Crippen LogP contribution >= 0.6 is 11.3 Å². The third-order valence-corrected chi connectivity index (χ3v) is 6.08. The number of imide groups is 1. The Balaban J connectivity index is 1.68. The molecule has 7 nitrogen and oxygen atoms in total. The van der Waals surface area contributed by atoms with Crippen molar-refractivity contribution >= 4 is 45.1 Å². The van der Waals surface area contributed by atoms with Crippen molar-refractivity contribution in [2.45, 2.75) is 6.42 Å². The van der Waals surface area contributed by atoms with Crippen LogP contribution in [0.15, 0.2) is 24.3 Å². The first kappa shape index (κ1) is 16.7. The fourth-order valence-electron chi connectivity index (χ4n) is 3.55. The van der Waals surface area contributed by atoms with E-state index in [-0.39, 0.29) is 43.1 Å². The number of amides is 4. The molecule has 26 heavy (non-hydrogen) atoms. The molecule has 0 radical (unpaired) electrons. The zero-order chi connectivity index (χ0) is 18.6. The van der Waals surface area contributed by atoms with E-state index in [2.05, 4.69) is 5.32 Å². The Morgan fingerprint density at radius 3 is 2.50 bits per heavy atom. The second kappa shape index (κ2) is 5.63. The molecule has 0 bridgehead atoms. The molecule has 2 aromatic rings. The van der Waals surface area contributed by atoms with Gasteiger partial charge in [-0.3, -0.25) is 24.5 Å². The van der Waals surface area contributed by atoms with Crippen molar-refractivity contribution in [2.75, 3.05) is 27.2 Å². The molecule has 0 aliphatic carbocycles. The van der Waals surface area contributed by atoms with Crippen molar-refractivity contribution < 1.29 is 19.2 Å². The van der Waals surface area contributed by atoms with E-state index in [1.807, 2.05) is 24.3 Å². The van der Waals surface area contributed by atoms with Gasteiger partial charge < -0.3 is 9.80 Å². The lowest BCUT2D eigenvalue weighted by molar-refractivity contribution is -0.134. The third kappa shape index (κ3) is 2.33. The molecule has 4 amide bonds. The molecule has 134 valence electrons. The first-order valence-electron chi connectivity index (χ1n) is 8.19. The van der Waals surface area contributed by atoms with Crippen molar-refractivity contribution in [3.05, 3.63) is 34.7 Å². The van der Waals surface area contributed by atoms with Crippen LogP contribution in [-0.4, -0.2) is 60.6 Å². The highest BCUT2D eigenvalue weighted by Gasteiger charge is 2.56. The molecule has 1 spiro atoms. The molecule has 2 saturated heterocycles. The summed E-state index contributed by atoms with van der Waals surface area (Å²) in [5, 5.41) is 3.05. The van der Waals surface area contributed by atoms with Gasteiger partial charge in [-0.2, -0.15) is 0 Å². The number of likely N-dealkylation sites (tertiary alicyclic amines) is 1. The minimum atomic E-state index is -0.796. The topological polar surface area (TPSA) is 86.8 Å². The smallest absolute Gasteiger partial charge is 0.264 e. The van der Waals surface area contributed by atoms with Crippen LogP contribution in [0.25, 0.3) is 10.1 Å². The zero-order valence-electron chi connectivity index (χ0n) is 14.4. The summed E-state index contributed by atoms with van der Waals surface area (Å²) in [6.45, 7) is 0.403. The Hall–Kier alpha value is -2.74. The van der Waals surface area contributed by atoms with Crippen LogP contribution in [0.1, 0.15) is 26.5 Å². The maximum absolute atomic E-state index is 13.0. The van der Waals surface area contributed by atoms with Gasteiger partial charge in [-0.1, -0.05) is 18.2 Å². The molecule has 4 rings (SSSR count). The number of hydrogen-bond donors (Lipinski definition) is 1. The Kier molecular flexibility index (Phi) is 3.62. The summed E-state index contributed by atoms with van der Waals surface area (Å²) in [4.78, 5) is 52.5. The molecule has 3 heterocycles. The zero-order valence-corrected chi connectivity index (χ0v) is 15.2. The highest BCUT2D eigenvalue weighted by molar-refractivity contribution is 7.21. The fraction of sp³-hybridized carbons (Fsp3) is 0.333. The molecule has 1 N–H and O–H groups in total. The van der Waals surface area contributed by atoms with Gasteiger partial charge in [0, 0.05) is 43.7 Å². The van der Waals surface area contributed by atoms with Gasteiger partial charge in [-0.05, 0) is 6.07 Å². The van der Waals surface area contributed by atoms with Crippen LogP contribution in [0.2, 0.25) is 0 Å². The molecule has 0 unspecified atom stereocenters. The first-order valence-corrected chi connectivity index (χ1v) is 9.01. The Morgan fingerprint density at radius 1 is 1.19 bits per heavy atom. The Labute approximate surface area is 153 Å². The summed E-state index contributed by atoms with van der Waals surface area (Å²) < 4.78 is 0.866. The number of hydrogen-bond acceptors (Lipinski definition) is 5. The number of rotatable bonds is 2. The van der Waals surface area contributed by atoms with Crippen molar-refractivity contribution in [1.82, 2.24) is 15.1 Å². The largest absolute Gasteiger partial charge is 0.345 e. The maximum atomic E-state index is 13.0. The summed E-state index contributed by atoms with van der Waals surface area (Å²) in [5.74, 6) is -1.11. The lowest BCUT2D eigenvalue weighted by Crippen LogP contribution is -2.61. The summed E-state index contributed by atoms with van der Waals surface area (Å²) in [6, 6.07) is 7.41. The minimum absolute atomic E-state index is 0.117. The van der Waals surface area contributed by atoms with Crippen LogP contribution in [0.4, 0.5) is 0 Å². The molecular formula is C18H17N3O4S. The van der Waals surface area contributed by atoms with E-state index in [1.165, 1.54) is 21.1 Å². The number of fused-ring (bicyclic) bond motifs is 1. The lowest BCUT2D eigenvalue weighted by atomic mass is 9.78. The summed E-state index contributed by atoms with van der Waals surface area (Å²) >= 11 is 1.28. The predicted molar refractivity (Wildman–Crippen MR) is 95.9 cm³/mol. The molecule has 8 heteroatoms. The maximum Gasteiger partial charge on any atom is 0.264 e. The van der Waals surface area contributed by atoms with Gasteiger partial charge >= 0.3 is 0 Å². The average molecular weight is 371 g/mol. The van der Waals surface area contributed by atoms with E-state index in [9.17, 15) is 19.2 Å². The van der Waals surface area contributed by atoms with Gasteiger partial charge in [0.05, 0.1) is 11.0 Å². The fourth-order valence-corrected chi connectivity index (χ4v) is 4.71. The summed E-state index contributed by atoms with van der Waals surface area (Å²) in [6.07, 6.45) is 0.117. The quantitative estimate of drug-likeness (QED) is 0.801. The summed E-state index contributed by atoms with van der Waals surface area (Å²) in [7, 11) is 3.30. The number of thiophene rings is 1. The number of nitrogens with zero attached hydrogens (tertiary/aromatic N) is 2. The molecule has 2 aliphatic heterocycles. The van der Waals surface area contributed by atoms with Gasteiger partial charge in [0.2, 0.25) is 11.8 Å². The number of carbonyl (C=O) groups is 4. The standard InChI is InChI=1S/C18H17N3O4S/c1-20(2)15(23)13-10-5-3-4-6-11(10)26-14(13)16(24)21-8-18(9-21)7-12(22)19-17(18)25/h3-6H,7-9H2,1-2H3,(H,19,22,25). The molecule has 2 aliphatic rings. The molecule has 1 aromatic carbocycles. The van der Waals surface area contributed by atoms with Crippen LogP contribution in [0.5, 0.6) is 0 Å². The van der Waals surface area contributed by atoms with E-state index < -0.39 is 5.41 Å². The predicted octanol–water partition coefficient (Wildman–Crippen LogP) is 1.09. The molecule has 2 fully saturated rings. The van der Waals surface area contributed by atoms with Crippen LogP contribution < -0.4 is 5.32 Å². The molecule has 1 aromatic heterocycles. The Bertz CT molecular complexity index is 972. The van der Waals surface area contributed by atoms with Gasteiger partial charge in [-0.15, -0.1) is 11.3 Å². The van der Waals surface area contributed by atoms with E-state index in [1.54, 1.807) is 14.1 Å². The van der Waals surface area contributed by atoms with Crippen molar-refractivity contribution in [1.29, 1.82) is 0 Å². The van der Waals surface area contributed by atoms with Gasteiger partial charge in [0.1, 0.15) is 4.88 Å². The van der Waals surface area contributed by atoms with E-state index >= 15 is 0 Å². The monoisotopic (exact) mass is 371 g/mol. The molecular weight excluding hydrogens is 354 g/mol. The van der Waals surface area contributed by atoms with Gasteiger partial charge in [0.25, 0.3) is 11.8 Å². The minimum Gasteiger partial charge on any atom is -0.345 e. The molecule has 0 atom stereocenters.